The lowest BCUT2D eigenvalue weighted by Gasteiger charge is -2.26. The molecular weight excluding hydrogens is 234 g/mol. The number of amides is 1. The molecule has 0 aromatic carbocycles. The van der Waals surface area contributed by atoms with Crippen molar-refractivity contribution in [3.05, 3.63) is 0 Å². The minimum Gasteiger partial charge on any atom is -0.466 e. The van der Waals surface area contributed by atoms with Crippen LogP contribution in [-0.4, -0.2) is 41.8 Å². The monoisotopic (exact) mass is 257 g/mol. The van der Waals surface area contributed by atoms with Gasteiger partial charge in [0.1, 0.15) is 5.60 Å². The Labute approximate surface area is 108 Å². The third kappa shape index (κ3) is 3.89. The summed E-state index contributed by atoms with van der Waals surface area (Å²) in [5.41, 5.74) is -0.515. The fourth-order valence-electron chi connectivity index (χ4n) is 2.04. The number of rotatable bonds is 2. The number of esters is 1. The molecular formula is C13H23NO4. The smallest absolute Gasteiger partial charge is 0.410 e. The van der Waals surface area contributed by atoms with Crippen molar-refractivity contribution in [3.63, 3.8) is 0 Å². The zero-order valence-electron chi connectivity index (χ0n) is 11.9. The number of hydrogen-bond donors (Lipinski definition) is 0. The molecule has 0 radical (unpaired) electrons. The highest BCUT2D eigenvalue weighted by Crippen LogP contribution is 2.26. The van der Waals surface area contributed by atoms with Crippen molar-refractivity contribution in [2.75, 3.05) is 13.2 Å². The quantitative estimate of drug-likeness (QED) is 0.712. The van der Waals surface area contributed by atoms with E-state index >= 15 is 0 Å². The summed E-state index contributed by atoms with van der Waals surface area (Å²) in [5, 5.41) is 0. The predicted octanol–water partition coefficient (Wildman–Crippen LogP) is 2.20. The number of hydrogen-bond acceptors (Lipinski definition) is 4. The van der Waals surface area contributed by atoms with E-state index < -0.39 is 5.60 Å². The molecule has 1 amide bonds. The molecule has 104 valence electrons. The zero-order valence-corrected chi connectivity index (χ0v) is 11.9. The van der Waals surface area contributed by atoms with Gasteiger partial charge in [-0.2, -0.15) is 0 Å². The van der Waals surface area contributed by atoms with E-state index in [2.05, 4.69) is 0 Å². The molecule has 0 aromatic rings. The fourth-order valence-corrected chi connectivity index (χ4v) is 2.04. The van der Waals surface area contributed by atoms with E-state index in [9.17, 15) is 9.59 Å². The minimum atomic E-state index is -0.515. The summed E-state index contributed by atoms with van der Waals surface area (Å²) >= 11 is 0. The predicted molar refractivity (Wildman–Crippen MR) is 67.1 cm³/mol. The molecule has 18 heavy (non-hydrogen) atoms. The highest BCUT2D eigenvalue weighted by molar-refractivity contribution is 5.76. The molecule has 1 saturated heterocycles. The second-order valence-electron chi connectivity index (χ2n) is 5.67. The maximum Gasteiger partial charge on any atom is 0.410 e. The van der Waals surface area contributed by atoms with Crippen molar-refractivity contribution in [1.82, 2.24) is 4.90 Å². The van der Waals surface area contributed by atoms with Crippen molar-refractivity contribution in [2.24, 2.45) is 5.92 Å². The molecule has 0 aromatic heterocycles. The maximum atomic E-state index is 11.9. The van der Waals surface area contributed by atoms with E-state index in [1.165, 1.54) is 0 Å². The molecule has 1 rings (SSSR count). The number of likely N-dealkylation sites (tertiary alicyclic amines) is 1. The normalized spacial score (nSPS) is 23.9. The second kappa shape index (κ2) is 5.59. The van der Waals surface area contributed by atoms with Crippen LogP contribution >= 0.6 is 0 Å². The minimum absolute atomic E-state index is 0.00857. The molecule has 1 fully saturated rings. The maximum absolute atomic E-state index is 11.9. The molecule has 0 saturated carbocycles. The van der Waals surface area contributed by atoms with Gasteiger partial charge in [0, 0.05) is 12.6 Å². The lowest BCUT2D eigenvalue weighted by atomic mass is 10.1. The van der Waals surface area contributed by atoms with E-state index in [0.717, 1.165) is 0 Å². The van der Waals surface area contributed by atoms with Gasteiger partial charge in [-0.15, -0.1) is 0 Å². The van der Waals surface area contributed by atoms with Crippen LogP contribution in [0.2, 0.25) is 0 Å². The topological polar surface area (TPSA) is 55.8 Å². The molecule has 5 nitrogen and oxygen atoms in total. The third-order valence-electron chi connectivity index (χ3n) is 2.82. The van der Waals surface area contributed by atoms with Gasteiger partial charge in [0.05, 0.1) is 12.5 Å². The van der Waals surface area contributed by atoms with Crippen molar-refractivity contribution in [1.29, 1.82) is 0 Å². The Kier molecular flexibility index (Phi) is 4.59. The van der Waals surface area contributed by atoms with Crippen LogP contribution in [0.25, 0.3) is 0 Å². The standard InChI is InChI=1S/C13H23NO4/c1-6-17-11(15)10-7-9(2)14(8-10)12(16)18-13(3,4)5/h9-10H,6-8H2,1-5H3. The van der Waals surface area contributed by atoms with E-state index in [1.54, 1.807) is 11.8 Å². The van der Waals surface area contributed by atoms with Crippen molar-refractivity contribution >= 4 is 12.1 Å². The Hall–Kier alpha value is -1.26. The van der Waals surface area contributed by atoms with Gasteiger partial charge in [0.2, 0.25) is 0 Å². The molecule has 0 N–H and O–H groups in total. The molecule has 5 heteroatoms. The van der Waals surface area contributed by atoms with Crippen molar-refractivity contribution < 1.29 is 19.1 Å². The van der Waals surface area contributed by atoms with Crippen LogP contribution in [0.5, 0.6) is 0 Å². The van der Waals surface area contributed by atoms with Crippen LogP contribution in [-0.2, 0) is 14.3 Å². The van der Waals surface area contributed by atoms with E-state index in [1.807, 2.05) is 27.7 Å². The van der Waals surface area contributed by atoms with Crippen LogP contribution in [0, 0.1) is 5.92 Å². The number of carbonyl (C=O) groups excluding carboxylic acids is 2. The summed E-state index contributed by atoms with van der Waals surface area (Å²) in [6, 6.07) is 0.00857. The first-order valence-electron chi connectivity index (χ1n) is 6.41. The fraction of sp³-hybridized carbons (Fsp3) is 0.846. The van der Waals surface area contributed by atoms with Crippen LogP contribution in [0.3, 0.4) is 0 Å². The summed E-state index contributed by atoms with van der Waals surface area (Å²) in [6.45, 7) is 9.94. The molecule has 1 heterocycles. The Morgan fingerprint density at radius 2 is 1.94 bits per heavy atom. The lowest BCUT2D eigenvalue weighted by Crippen LogP contribution is -2.39. The first-order valence-corrected chi connectivity index (χ1v) is 6.41. The summed E-state index contributed by atoms with van der Waals surface area (Å²) in [4.78, 5) is 25.2. The number of nitrogens with zero attached hydrogens (tertiary/aromatic N) is 1. The van der Waals surface area contributed by atoms with Crippen molar-refractivity contribution in [3.8, 4) is 0 Å². The Morgan fingerprint density at radius 3 is 2.44 bits per heavy atom. The van der Waals surface area contributed by atoms with Gasteiger partial charge in [0.25, 0.3) is 0 Å². The largest absolute Gasteiger partial charge is 0.466 e. The molecule has 0 spiro atoms. The van der Waals surface area contributed by atoms with Crippen LogP contribution in [0.15, 0.2) is 0 Å². The van der Waals surface area contributed by atoms with Gasteiger partial charge in [-0.25, -0.2) is 4.79 Å². The van der Waals surface area contributed by atoms with Gasteiger partial charge in [0.15, 0.2) is 0 Å². The Balaban J connectivity index is 2.59. The SMILES string of the molecule is CCOC(=O)C1CC(C)N(C(=O)OC(C)(C)C)C1. The van der Waals surface area contributed by atoms with E-state index in [-0.39, 0.29) is 24.0 Å². The highest BCUT2D eigenvalue weighted by Gasteiger charge is 2.38. The lowest BCUT2D eigenvalue weighted by molar-refractivity contribution is -0.147. The molecule has 1 aliphatic heterocycles. The van der Waals surface area contributed by atoms with Gasteiger partial charge in [-0.05, 0) is 41.0 Å². The first-order chi connectivity index (χ1) is 8.24. The van der Waals surface area contributed by atoms with Gasteiger partial charge >= 0.3 is 12.1 Å². The van der Waals surface area contributed by atoms with Crippen molar-refractivity contribution in [2.45, 2.75) is 52.7 Å². The summed E-state index contributed by atoms with van der Waals surface area (Å²) < 4.78 is 10.3. The molecule has 1 aliphatic rings. The molecule has 0 bridgehead atoms. The third-order valence-corrected chi connectivity index (χ3v) is 2.82. The van der Waals surface area contributed by atoms with E-state index in [4.69, 9.17) is 9.47 Å². The van der Waals surface area contributed by atoms with Crippen LogP contribution < -0.4 is 0 Å². The van der Waals surface area contributed by atoms with Crippen LogP contribution in [0.4, 0.5) is 4.79 Å². The first kappa shape index (κ1) is 14.8. The molecule has 0 aliphatic carbocycles. The molecule has 2 unspecified atom stereocenters. The number of carbonyl (C=O) groups is 2. The number of ether oxygens (including phenoxy) is 2. The molecule has 2 atom stereocenters. The zero-order chi connectivity index (χ0) is 13.9. The summed E-state index contributed by atoms with van der Waals surface area (Å²) in [7, 11) is 0. The van der Waals surface area contributed by atoms with Crippen LogP contribution in [0.1, 0.15) is 41.0 Å². The Bertz CT molecular complexity index is 321. The summed E-state index contributed by atoms with van der Waals surface area (Å²) in [6.07, 6.45) is 0.278. The van der Waals surface area contributed by atoms with Gasteiger partial charge in [-0.1, -0.05) is 0 Å². The van der Waals surface area contributed by atoms with Gasteiger partial charge in [-0.3, -0.25) is 4.79 Å². The van der Waals surface area contributed by atoms with E-state index in [0.29, 0.717) is 19.6 Å². The average molecular weight is 257 g/mol. The average Bonchev–Trinajstić information content (AvgIpc) is 2.58. The highest BCUT2D eigenvalue weighted by atomic mass is 16.6. The van der Waals surface area contributed by atoms with Gasteiger partial charge < -0.3 is 14.4 Å². The Morgan fingerprint density at radius 1 is 1.33 bits per heavy atom. The summed E-state index contributed by atoms with van der Waals surface area (Å²) in [5.74, 6) is -0.456. The second-order valence-corrected chi connectivity index (χ2v) is 5.67.